The molecule has 2 aliphatic rings. The molecule has 0 spiro atoms. The molecule has 2 N–H and O–H groups in total. The lowest BCUT2D eigenvalue weighted by Gasteiger charge is -2.36. The predicted molar refractivity (Wildman–Crippen MR) is 124 cm³/mol. The van der Waals surface area contributed by atoms with E-state index in [1.165, 1.54) is 5.69 Å². The zero-order valence-corrected chi connectivity index (χ0v) is 18.9. The summed E-state index contributed by atoms with van der Waals surface area (Å²) in [6.45, 7) is 5.52. The molecule has 1 aromatic rings. The number of guanidine groups is 1. The molecule has 8 heteroatoms. The fourth-order valence-corrected chi connectivity index (χ4v) is 3.54. The Morgan fingerprint density at radius 2 is 1.93 bits per heavy atom. The number of nitrogens with zero attached hydrogens (tertiary/aromatic N) is 3. The number of halogens is 1. The van der Waals surface area contributed by atoms with Crippen molar-refractivity contribution in [3.05, 3.63) is 30.3 Å². The topological polar surface area (TPSA) is 69.2 Å². The van der Waals surface area contributed by atoms with E-state index in [1.54, 1.807) is 7.05 Å². The second-order valence-electron chi connectivity index (χ2n) is 6.97. The van der Waals surface area contributed by atoms with Crippen molar-refractivity contribution in [2.75, 3.05) is 57.8 Å². The largest absolute Gasteiger partial charge is 0.376 e. The molecule has 0 aromatic heterocycles. The van der Waals surface area contributed by atoms with Crippen LogP contribution in [0, 0.1) is 0 Å². The van der Waals surface area contributed by atoms with Gasteiger partial charge in [-0.05, 0) is 25.0 Å². The molecule has 7 nitrogen and oxygen atoms in total. The third kappa shape index (κ3) is 6.80. The van der Waals surface area contributed by atoms with Crippen LogP contribution in [0.1, 0.15) is 19.3 Å². The molecule has 2 fully saturated rings. The smallest absolute Gasteiger partial charge is 0.224 e. The molecule has 156 valence electrons. The second-order valence-corrected chi connectivity index (χ2v) is 6.97. The van der Waals surface area contributed by atoms with E-state index in [9.17, 15) is 4.79 Å². The zero-order valence-electron chi connectivity index (χ0n) is 16.6. The quantitative estimate of drug-likeness (QED) is 0.353. The number of anilines is 1. The summed E-state index contributed by atoms with van der Waals surface area (Å²) in [6, 6.07) is 10.4. The van der Waals surface area contributed by atoms with E-state index in [0.29, 0.717) is 13.0 Å². The average molecular weight is 501 g/mol. The van der Waals surface area contributed by atoms with E-state index in [-0.39, 0.29) is 36.0 Å². The van der Waals surface area contributed by atoms with E-state index < -0.39 is 0 Å². The molecular formula is C20H32IN5O2. The summed E-state index contributed by atoms with van der Waals surface area (Å²) in [5.74, 6) is 0.928. The van der Waals surface area contributed by atoms with Crippen LogP contribution in [0.5, 0.6) is 0 Å². The van der Waals surface area contributed by atoms with Crippen LogP contribution in [0.15, 0.2) is 35.3 Å². The van der Waals surface area contributed by atoms with Gasteiger partial charge in [-0.25, -0.2) is 0 Å². The van der Waals surface area contributed by atoms with Gasteiger partial charge in [0.25, 0.3) is 0 Å². The van der Waals surface area contributed by atoms with E-state index in [2.05, 4.69) is 44.8 Å². The van der Waals surface area contributed by atoms with Gasteiger partial charge in [-0.15, -0.1) is 24.0 Å². The molecule has 1 amide bonds. The summed E-state index contributed by atoms with van der Waals surface area (Å²) in [5.41, 5.74) is 1.23. The van der Waals surface area contributed by atoms with Gasteiger partial charge in [0.1, 0.15) is 0 Å². The summed E-state index contributed by atoms with van der Waals surface area (Å²) in [6.07, 6.45) is 2.97. The number of rotatable bonds is 6. The van der Waals surface area contributed by atoms with Gasteiger partial charge in [0, 0.05) is 65.0 Å². The van der Waals surface area contributed by atoms with Crippen LogP contribution in [0.25, 0.3) is 0 Å². The number of carbonyl (C=O) groups excluding carboxylic acids is 1. The molecule has 0 radical (unpaired) electrons. The molecule has 0 aliphatic carbocycles. The third-order valence-electron chi connectivity index (χ3n) is 5.13. The Bertz CT molecular complexity index is 614. The van der Waals surface area contributed by atoms with Crippen LogP contribution in [0.3, 0.4) is 0 Å². The molecule has 1 atom stereocenters. The summed E-state index contributed by atoms with van der Waals surface area (Å²) >= 11 is 0. The molecule has 2 aliphatic heterocycles. The highest BCUT2D eigenvalue weighted by molar-refractivity contribution is 14.0. The molecular weight excluding hydrogens is 469 g/mol. The Hall–Kier alpha value is -1.55. The maximum absolute atomic E-state index is 12.5. The summed E-state index contributed by atoms with van der Waals surface area (Å²) in [5, 5.41) is 6.49. The minimum Gasteiger partial charge on any atom is -0.376 e. The van der Waals surface area contributed by atoms with Gasteiger partial charge in [0.05, 0.1) is 6.10 Å². The van der Waals surface area contributed by atoms with E-state index >= 15 is 0 Å². The van der Waals surface area contributed by atoms with Crippen molar-refractivity contribution in [1.82, 2.24) is 15.5 Å². The number of ether oxygens (including phenoxy) is 1. The van der Waals surface area contributed by atoms with E-state index in [4.69, 9.17) is 4.74 Å². The Labute approximate surface area is 184 Å². The Balaban J connectivity index is 0.00000280. The summed E-state index contributed by atoms with van der Waals surface area (Å²) in [7, 11) is 1.75. The van der Waals surface area contributed by atoms with Gasteiger partial charge < -0.3 is 25.2 Å². The standard InChI is InChI=1S/C20H31N5O2.HI/c1-21-20(23-16-18-8-5-15-27-18)22-10-9-19(26)25-13-11-24(12-14-25)17-6-3-2-4-7-17;/h2-4,6-7,18H,5,8-16H2,1H3,(H2,21,22,23);1H. The molecule has 1 unspecified atom stereocenters. The number of amides is 1. The van der Waals surface area contributed by atoms with Gasteiger partial charge >= 0.3 is 0 Å². The lowest BCUT2D eigenvalue weighted by molar-refractivity contribution is -0.131. The lowest BCUT2D eigenvalue weighted by Crippen LogP contribution is -2.49. The zero-order chi connectivity index (χ0) is 18.9. The van der Waals surface area contributed by atoms with Crippen molar-refractivity contribution < 1.29 is 9.53 Å². The van der Waals surface area contributed by atoms with Crippen molar-refractivity contribution in [2.24, 2.45) is 4.99 Å². The highest BCUT2D eigenvalue weighted by Gasteiger charge is 2.21. The summed E-state index contributed by atoms with van der Waals surface area (Å²) < 4.78 is 5.60. The molecule has 2 heterocycles. The minimum atomic E-state index is 0. The van der Waals surface area contributed by atoms with Gasteiger partial charge in [-0.2, -0.15) is 0 Å². The Morgan fingerprint density at radius 3 is 2.57 bits per heavy atom. The van der Waals surface area contributed by atoms with E-state index in [0.717, 1.165) is 58.1 Å². The van der Waals surface area contributed by atoms with Gasteiger partial charge in [0.2, 0.25) is 5.91 Å². The molecule has 0 bridgehead atoms. The number of hydrogen-bond donors (Lipinski definition) is 2. The Morgan fingerprint density at radius 1 is 1.18 bits per heavy atom. The molecule has 28 heavy (non-hydrogen) atoms. The van der Waals surface area contributed by atoms with Gasteiger partial charge in [0.15, 0.2) is 5.96 Å². The molecule has 0 saturated carbocycles. The highest BCUT2D eigenvalue weighted by atomic mass is 127. The van der Waals surface area contributed by atoms with Crippen molar-refractivity contribution in [3.63, 3.8) is 0 Å². The lowest BCUT2D eigenvalue weighted by atomic mass is 10.2. The number of carbonyl (C=O) groups is 1. The normalized spacial score (nSPS) is 19.9. The van der Waals surface area contributed by atoms with Gasteiger partial charge in [-0.1, -0.05) is 18.2 Å². The third-order valence-corrected chi connectivity index (χ3v) is 5.13. The number of piperazine rings is 1. The first-order valence-corrected chi connectivity index (χ1v) is 9.90. The second kappa shape index (κ2) is 12.1. The van der Waals surface area contributed by atoms with Crippen LogP contribution < -0.4 is 15.5 Å². The first-order valence-electron chi connectivity index (χ1n) is 9.90. The van der Waals surface area contributed by atoms with Crippen LogP contribution in [-0.2, 0) is 9.53 Å². The van der Waals surface area contributed by atoms with Gasteiger partial charge in [-0.3, -0.25) is 9.79 Å². The average Bonchev–Trinajstić information content (AvgIpc) is 3.25. The van der Waals surface area contributed by atoms with Crippen molar-refractivity contribution >= 4 is 41.5 Å². The fraction of sp³-hybridized carbons (Fsp3) is 0.600. The fourth-order valence-electron chi connectivity index (χ4n) is 3.54. The minimum absolute atomic E-state index is 0. The number of nitrogens with one attached hydrogen (secondary N) is 2. The monoisotopic (exact) mass is 501 g/mol. The van der Waals surface area contributed by atoms with Crippen LogP contribution in [0.2, 0.25) is 0 Å². The number of benzene rings is 1. The van der Waals surface area contributed by atoms with Crippen LogP contribution in [0.4, 0.5) is 5.69 Å². The Kier molecular flexibility index (Phi) is 9.83. The molecule has 3 rings (SSSR count). The SMILES string of the molecule is CN=C(NCCC(=O)N1CCN(c2ccccc2)CC1)NCC1CCCO1.I. The summed E-state index contributed by atoms with van der Waals surface area (Å²) in [4.78, 5) is 21.0. The van der Waals surface area contributed by atoms with E-state index in [1.807, 2.05) is 11.0 Å². The highest BCUT2D eigenvalue weighted by Crippen LogP contribution is 2.15. The first-order chi connectivity index (χ1) is 13.3. The predicted octanol–water partition coefficient (Wildman–Crippen LogP) is 1.69. The molecule has 1 aromatic carbocycles. The maximum atomic E-state index is 12.5. The molecule has 2 saturated heterocycles. The van der Waals surface area contributed by atoms with Crippen molar-refractivity contribution in [3.8, 4) is 0 Å². The number of aliphatic imine (C=N–C) groups is 1. The number of para-hydroxylation sites is 1. The maximum Gasteiger partial charge on any atom is 0.224 e. The van der Waals surface area contributed by atoms with Crippen molar-refractivity contribution in [2.45, 2.75) is 25.4 Å². The van der Waals surface area contributed by atoms with Crippen molar-refractivity contribution in [1.29, 1.82) is 0 Å². The van der Waals surface area contributed by atoms with Crippen LogP contribution in [-0.4, -0.2) is 75.8 Å². The first kappa shape index (κ1) is 22.7. The van der Waals surface area contributed by atoms with Crippen LogP contribution >= 0.6 is 24.0 Å². The number of hydrogen-bond acceptors (Lipinski definition) is 4.